The van der Waals surface area contributed by atoms with Gasteiger partial charge in [-0.05, 0) is 37.3 Å². The maximum absolute atomic E-state index is 12.1. The van der Waals surface area contributed by atoms with Gasteiger partial charge in [-0.3, -0.25) is 9.79 Å². The topological polar surface area (TPSA) is 87.9 Å². The molecule has 0 unspecified atom stereocenters. The van der Waals surface area contributed by atoms with Crippen molar-refractivity contribution in [2.45, 2.75) is 13.3 Å². The van der Waals surface area contributed by atoms with Crippen LogP contribution in [-0.4, -0.2) is 45.2 Å². The van der Waals surface area contributed by atoms with Crippen molar-refractivity contribution < 1.29 is 13.9 Å². The molecule has 0 atom stereocenters. The lowest BCUT2D eigenvalue weighted by atomic mass is 10.2. The normalized spacial score (nSPS) is 10.7. The number of methoxy groups -OCH3 is 1. The van der Waals surface area contributed by atoms with E-state index in [1.54, 1.807) is 37.6 Å². The van der Waals surface area contributed by atoms with Gasteiger partial charge >= 0.3 is 0 Å². The van der Waals surface area contributed by atoms with Gasteiger partial charge in [-0.25, -0.2) is 0 Å². The van der Waals surface area contributed by atoms with Crippen LogP contribution in [-0.2, 0) is 6.42 Å². The van der Waals surface area contributed by atoms with E-state index in [-0.39, 0.29) is 29.9 Å². The molecule has 7 nitrogen and oxygen atoms in total. The third-order valence-electron chi connectivity index (χ3n) is 3.59. The standard InChI is InChI=1S/C19H26N4O3.HI/c1-3-20-19(22-10-9-16-8-5-13-26-16)23-12-11-21-18(24)15-6-4-7-17(14-15)25-2;/h4-8,13-14H,3,9-12H2,1-2H3,(H,21,24)(H2,20,22,23);1H. The van der Waals surface area contributed by atoms with E-state index in [0.29, 0.717) is 30.9 Å². The molecule has 1 amide bonds. The molecule has 27 heavy (non-hydrogen) atoms. The SMILES string of the molecule is CCNC(=NCCc1ccco1)NCCNC(=O)c1cccc(OC)c1.I. The molecule has 0 aliphatic carbocycles. The van der Waals surface area contributed by atoms with Crippen LogP contribution in [0.3, 0.4) is 0 Å². The molecule has 0 aliphatic heterocycles. The summed E-state index contributed by atoms with van der Waals surface area (Å²) in [5.74, 6) is 2.16. The zero-order chi connectivity index (χ0) is 18.6. The smallest absolute Gasteiger partial charge is 0.251 e. The molecule has 1 aromatic heterocycles. The van der Waals surface area contributed by atoms with Crippen molar-refractivity contribution in [3.63, 3.8) is 0 Å². The average molecular weight is 486 g/mol. The third kappa shape index (κ3) is 8.33. The first kappa shape index (κ1) is 22.8. The number of furan rings is 1. The first-order valence-corrected chi connectivity index (χ1v) is 8.69. The van der Waals surface area contributed by atoms with Gasteiger partial charge in [0.2, 0.25) is 0 Å². The van der Waals surface area contributed by atoms with Crippen LogP contribution in [0.15, 0.2) is 52.1 Å². The number of halogens is 1. The Morgan fingerprint density at radius 2 is 1.96 bits per heavy atom. The zero-order valence-corrected chi connectivity index (χ0v) is 18.0. The number of aliphatic imine (C=N–C) groups is 1. The Labute approximate surface area is 177 Å². The lowest BCUT2D eigenvalue weighted by molar-refractivity contribution is 0.0954. The highest BCUT2D eigenvalue weighted by Crippen LogP contribution is 2.12. The second-order valence-electron chi connectivity index (χ2n) is 5.50. The van der Waals surface area contributed by atoms with E-state index < -0.39 is 0 Å². The van der Waals surface area contributed by atoms with Crippen LogP contribution in [0.2, 0.25) is 0 Å². The Balaban J connectivity index is 0.00000364. The molecule has 148 valence electrons. The third-order valence-corrected chi connectivity index (χ3v) is 3.59. The number of nitrogens with one attached hydrogen (secondary N) is 3. The fourth-order valence-corrected chi connectivity index (χ4v) is 2.30. The fourth-order valence-electron chi connectivity index (χ4n) is 2.30. The van der Waals surface area contributed by atoms with Gasteiger partial charge in [-0.2, -0.15) is 0 Å². The molecule has 2 aromatic rings. The van der Waals surface area contributed by atoms with Crippen LogP contribution in [0.5, 0.6) is 5.75 Å². The summed E-state index contributed by atoms with van der Waals surface area (Å²) in [4.78, 5) is 16.6. The predicted octanol–water partition coefficient (Wildman–Crippen LogP) is 2.43. The molecule has 0 saturated heterocycles. The van der Waals surface area contributed by atoms with E-state index in [2.05, 4.69) is 20.9 Å². The van der Waals surface area contributed by atoms with Crippen molar-refractivity contribution in [2.24, 2.45) is 4.99 Å². The van der Waals surface area contributed by atoms with E-state index in [1.165, 1.54) is 0 Å². The number of guanidine groups is 1. The Hall–Kier alpha value is -2.23. The van der Waals surface area contributed by atoms with Gasteiger partial charge in [0.05, 0.1) is 13.4 Å². The van der Waals surface area contributed by atoms with Gasteiger partial charge in [-0.15, -0.1) is 24.0 Å². The highest BCUT2D eigenvalue weighted by atomic mass is 127. The number of benzene rings is 1. The summed E-state index contributed by atoms with van der Waals surface area (Å²) < 4.78 is 10.4. The van der Waals surface area contributed by atoms with Crippen LogP contribution >= 0.6 is 24.0 Å². The van der Waals surface area contributed by atoms with Crippen molar-refractivity contribution in [3.8, 4) is 5.75 Å². The first-order chi connectivity index (χ1) is 12.7. The van der Waals surface area contributed by atoms with Crippen molar-refractivity contribution in [1.29, 1.82) is 0 Å². The van der Waals surface area contributed by atoms with Gasteiger partial charge in [0.25, 0.3) is 5.91 Å². The number of hydrogen-bond donors (Lipinski definition) is 3. The Morgan fingerprint density at radius 3 is 2.67 bits per heavy atom. The lowest BCUT2D eigenvalue weighted by Crippen LogP contribution is -2.41. The molecule has 8 heteroatoms. The predicted molar refractivity (Wildman–Crippen MR) is 117 cm³/mol. The fraction of sp³-hybridized carbons (Fsp3) is 0.368. The molecular formula is C19H27IN4O3. The summed E-state index contributed by atoms with van der Waals surface area (Å²) in [6.45, 7) is 4.46. The monoisotopic (exact) mass is 486 g/mol. The zero-order valence-electron chi connectivity index (χ0n) is 15.7. The van der Waals surface area contributed by atoms with Crippen molar-refractivity contribution in [2.75, 3.05) is 33.3 Å². The second-order valence-corrected chi connectivity index (χ2v) is 5.50. The number of carbonyl (C=O) groups is 1. The molecule has 1 aromatic carbocycles. The first-order valence-electron chi connectivity index (χ1n) is 8.69. The molecule has 3 N–H and O–H groups in total. The molecule has 0 radical (unpaired) electrons. The number of hydrogen-bond acceptors (Lipinski definition) is 4. The van der Waals surface area contributed by atoms with E-state index in [0.717, 1.165) is 24.7 Å². The molecule has 0 aliphatic rings. The van der Waals surface area contributed by atoms with Crippen molar-refractivity contribution >= 4 is 35.8 Å². The number of amides is 1. The van der Waals surface area contributed by atoms with Gasteiger partial charge in [0.15, 0.2) is 5.96 Å². The van der Waals surface area contributed by atoms with Gasteiger partial charge in [0.1, 0.15) is 11.5 Å². The van der Waals surface area contributed by atoms with Crippen LogP contribution in [0.1, 0.15) is 23.0 Å². The maximum atomic E-state index is 12.1. The minimum atomic E-state index is -0.134. The number of ether oxygens (including phenoxy) is 1. The van der Waals surface area contributed by atoms with Gasteiger partial charge in [0, 0.05) is 38.2 Å². The van der Waals surface area contributed by atoms with Crippen LogP contribution < -0.4 is 20.7 Å². The molecule has 0 spiro atoms. The summed E-state index contributed by atoms with van der Waals surface area (Å²) in [7, 11) is 1.58. The molecule has 0 fully saturated rings. The van der Waals surface area contributed by atoms with Gasteiger partial charge in [-0.1, -0.05) is 6.07 Å². The Bertz CT molecular complexity index is 705. The minimum absolute atomic E-state index is 0. The molecule has 0 bridgehead atoms. The van der Waals surface area contributed by atoms with Crippen LogP contribution in [0.4, 0.5) is 0 Å². The number of nitrogens with zero attached hydrogens (tertiary/aromatic N) is 1. The van der Waals surface area contributed by atoms with E-state index in [4.69, 9.17) is 9.15 Å². The highest BCUT2D eigenvalue weighted by Gasteiger charge is 2.06. The quantitative estimate of drug-likeness (QED) is 0.219. The Kier molecular flexibility index (Phi) is 11.0. The summed E-state index contributed by atoms with van der Waals surface area (Å²) in [6.07, 6.45) is 2.41. The van der Waals surface area contributed by atoms with Crippen LogP contribution in [0.25, 0.3) is 0 Å². The molecule has 0 saturated carbocycles. The Morgan fingerprint density at radius 1 is 1.15 bits per heavy atom. The average Bonchev–Trinajstić information content (AvgIpc) is 3.18. The number of carbonyl (C=O) groups excluding carboxylic acids is 1. The minimum Gasteiger partial charge on any atom is -0.497 e. The van der Waals surface area contributed by atoms with Crippen molar-refractivity contribution in [1.82, 2.24) is 16.0 Å². The van der Waals surface area contributed by atoms with E-state index in [1.807, 2.05) is 19.1 Å². The largest absolute Gasteiger partial charge is 0.497 e. The summed E-state index contributed by atoms with van der Waals surface area (Å²) in [5, 5.41) is 9.25. The molecule has 1 heterocycles. The number of rotatable bonds is 9. The maximum Gasteiger partial charge on any atom is 0.251 e. The summed E-state index contributed by atoms with van der Waals surface area (Å²) >= 11 is 0. The molecule has 2 rings (SSSR count). The van der Waals surface area contributed by atoms with Gasteiger partial charge < -0.3 is 25.1 Å². The summed E-state index contributed by atoms with van der Waals surface area (Å²) in [5.41, 5.74) is 0.573. The summed E-state index contributed by atoms with van der Waals surface area (Å²) in [6, 6.07) is 10.9. The van der Waals surface area contributed by atoms with E-state index in [9.17, 15) is 4.79 Å². The lowest BCUT2D eigenvalue weighted by Gasteiger charge is -2.12. The van der Waals surface area contributed by atoms with Crippen molar-refractivity contribution in [3.05, 3.63) is 54.0 Å². The molecular weight excluding hydrogens is 459 g/mol. The van der Waals surface area contributed by atoms with E-state index >= 15 is 0 Å². The highest BCUT2D eigenvalue weighted by molar-refractivity contribution is 14.0. The van der Waals surface area contributed by atoms with Crippen LogP contribution in [0, 0.1) is 0 Å². The second kappa shape index (κ2) is 13.0.